The van der Waals surface area contributed by atoms with Crippen molar-refractivity contribution in [3.63, 3.8) is 0 Å². The van der Waals surface area contributed by atoms with Crippen LogP contribution in [0.5, 0.6) is 11.5 Å². The zero-order valence-corrected chi connectivity index (χ0v) is 12.4. The second-order valence-corrected chi connectivity index (χ2v) is 5.41. The van der Waals surface area contributed by atoms with Crippen molar-refractivity contribution < 1.29 is 19.0 Å². The molecule has 3 rings (SSSR count). The van der Waals surface area contributed by atoms with E-state index in [-0.39, 0.29) is 12.4 Å². The average Bonchev–Trinajstić information content (AvgIpc) is 2.95. The lowest BCUT2D eigenvalue weighted by Crippen LogP contribution is -2.15. The highest BCUT2D eigenvalue weighted by Crippen LogP contribution is 2.34. The number of hydrogen-bond acceptors (Lipinski definition) is 6. The monoisotopic (exact) mass is 305 g/mol. The van der Waals surface area contributed by atoms with Gasteiger partial charge in [0.25, 0.3) is 0 Å². The highest BCUT2D eigenvalue weighted by molar-refractivity contribution is 7.10. The molecule has 0 aliphatic carbocycles. The average molecular weight is 305 g/mol. The minimum atomic E-state index is -0.249. The van der Waals surface area contributed by atoms with E-state index in [0.29, 0.717) is 19.8 Å². The van der Waals surface area contributed by atoms with E-state index < -0.39 is 0 Å². The second-order valence-electron chi connectivity index (χ2n) is 4.47. The molecule has 110 valence electrons. The maximum Gasteiger partial charge on any atom is 0.312 e. The van der Waals surface area contributed by atoms with Gasteiger partial charge in [-0.2, -0.15) is 0 Å². The third-order valence-electron chi connectivity index (χ3n) is 2.99. The topological polar surface area (TPSA) is 57.7 Å². The number of fused-ring (bicyclic) bond motifs is 1. The third-order valence-corrected chi connectivity index (χ3v) is 3.84. The van der Waals surface area contributed by atoms with Crippen LogP contribution in [-0.2, 0) is 16.0 Å². The summed E-state index contributed by atoms with van der Waals surface area (Å²) in [6.45, 7) is 3.31. The fraction of sp³-hybridized carbons (Fsp3) is 0.333. The standard InChI is InChI=1S/C15H15NO4S/c1-2-18-15(17)8-14-16-11(9-21-14)10-3-4-12-13(7-10)20-6-5-19-12/h3-4,7,9H,2,5-6,8H2,1H3. The van der Waals surface area contributed by atoms with Gasteiger partial charge in [0, 0.05) is 10.9 Å². The molecule has 21 heavy (non-hydrogen) atoms. The van der Waals surface area contributed by atoms with Gasteiger partial charge < -0.3 is 14.2 Å². The Morgan fingerprint density at radius 1 is 1.33 bits per heavy atom. The summed E-state index contributed by atoms with van der Waals surface area (Å²) in [5, 5.41) is 2.68. The number of ether oxygens (including phenoxy) is 3. The van der Waals surface area contributed by atoms with Crippen LogP contribution in [0.1, 0.15) is 11.9 Å². The van der Waals surface area contributed by atoms with E-state index in [1.54, 1.807) is 6.92 Å². The number of carbonyl (C=O) groups excluding carboxylic acids is 1. The van der Waals surface area contributed by atoms with Gasteiger partial charge in [0.1, 0.15) is 18.2 Å². The first-order valence-electron chi connectivity index (χ1n) is 6.76. The smallest absolute Gasteiger partial charge is 0.312 e. The first-order valence-corrected chi connectivity index (χ1v) is 7.64. The van der Waals surface area contributed by atoms with Gasteiger partial charge in [0.15, 0.2) is 11.5 Å². The molecule has 0 saturated carbocycles. The molecular formula is C15H15NO4S. The quantitative estimate of drug-likeness (QED) is 0.813. The molecule has 1 aromatic heterocycles. The van der Waals surface area contributed by atoms with Crippen molar-refractivity contribution in [1.82, 2.24) is 4.98 Å². The molecule has 6 heteroatoms. The summed E-state index contributed by atoms with van der Waals surface area (Å²) >= 11 is 1.45. The lowest BCUT2D eigenvalue weighted by Gasteiger charge is -2.18. The molecule has 0 unspecified atom stereocenters. The Labute approximate surface area is 126 Å². The largest absolute Gasteiger partial charge is 0.486 e. The number of aromatic nitrogens is 1. The second kappa shape index (κ2) is 6.13. The Morgan fingerprint density at radius 2 is 2.14 bits per heavy atom. The first kappa shape index (κ1) is 13.9. The van der Waals surface area contributed by atoms with Crippen LogP contribution in [0.3, 0.4) is 0 Å². The fourth-order valence-corrected chi connectivity index (χ4v) is 2.85. The molecule has 1 aromatic carbocycles. The van der Waals surface area contributed by atoms with Crippen molar-refractivity contribution in [3.8, 4) is 22.8 Å². The zero-order valence-electron chi connectivity index (χ0n) is 11.6. The Hall–Kier alpha value is -2.08. The van der Waals surface area contributed by atoms with E-state index in [1.165, 1.54) is 11.3 Å². The van der Waals surface area contributed by atoms with Gasteiger partial charge in [-0.25, -0.2) is 4.98 Å². The molecule has 5 nitrogen and oxygen atoms in total. The van der Waals surface area contributed by atoms with Gasteiger partial charge in [0.2, 0.25) is 0 Å². The predicted molar refractivity (Wildman–Crippen MR) is 78.9 cm³/mol. The Balaban J connectivity index is 1.78. The maximum absolute atomic E-state index is 11.5. The van der Waals surface area contributed by atoms with E-state index in [9.17, 15) is 4.79 Å². The van der Waals surface area contributed by atoms with Gasteiger partial charge in [-0.1, -0.05) is 0 Å². The van der Waals surface area contributed by atoms with E-state index in [2.05, 4.69) is 4.98 Å². The van der Waals surface area contributed by atoms with Crippen molar-refractivity contribution in [2.75, 3.05) is 19.8 Å². The molecule has 1 aliphatic heterocycles. The van der Waals surface area contributed by atoms with E-state index in [0.717, 1.165) is 27.8 Å². The van der Waals surface area contributed by atoms with E-state index in [4.69, 9.17) is 14.2 Å². The molecule has 0 atom stereocenters. The van der Waals surface area contributed by atoms with E-state index >= 15 is 0 Å². The molecule has 0 radical (unpaired) electrons. The molecule has 0 saturated heterocycles. The lowest BCUT2D eigenvalue weighted by atomic mass is 10.1. The van der Waals surface area contributed by atoms with Crippen LogP contribution in [0.15, 0.2) is 23.6 Å². The number of hydrogen-bond donors (Lipinski definition) is 0. The summed E-state index contributed by atoms with van der Waals surface area (Å²) < 4.78 is 16.0. The molecule has 1 aliphatic rings. The van der Waals surface area contributed by atoms with Crippen LogP contribution in [0.4, 0.5) is 0 Å². The van der Waals surface area contributed by atoms with Gasteiger partial charge in [-0.05, 0) is 25.1 Å². The van der Waals surface area contributed by atoms with Crippen LogP contribution in [0.25, 0.3) is 11.3 Å². The van der Waals surface area contributed by atoms with Crippen LogP contribution in [-0.4, -0.2) is 30.8 Å². The van der Waals surface area contributed by atoms with Crippen LogP contribution in [0, 0.1) is 0 Å². The Morgan fingerprint density at radius 3 is 2.95 bits per heavy atom. The lowest BCUT2D eigenvalue weighted by molar-refractivity contribution is -0.142. The van der Waals surface area contributed by atoms with Gasteiger partial charge in [-0.15, -0.1) is 11.3 Å². The summed E-state index contributed by atoms with van der Waals surface area (Å²) in [4.78, 5) is 15.9. The number of rotatable bonds is 4. The number of thiazole rings is 1. The van der Waals surface area contributed by atoms with Crippen LogP contribution < -0.4 is 9.47 Å². The summed E-state index contributed by atoms with van der Waals surface area (Å²) in [5.74, 6) is 1.24. The molecule has 0 bridgehead atoms. The van der Waals surface area contributed by atoms with Crippen molar-refractivity contribution in [1.29, 1.82) is 0 Å². The summed E-state index contributed by atoms with van der Waals surface area (Å²) in [5.41, 5.74) is 1.78. The molecule has 0 amide bonds. The minimum Gasteiger partial charge on any atom is -0.486 e. The molecule has 0 N–H and O–H groups in total. The molecule has 0 fully saturated rings. The van der Waals surface area contributed by atoms with Gasteiger partial charge in [-0.3, -0.25) is 4.79 Å². The molecule has 2 aromatic rings. The maximum atomic E-state index is 11.5. The molecule has 0 spiro atoms. The number of esters is 1. The van der Waals surface area contributed by atoms with Crippen molar-refractivity contribution in [2.24, 2.45) is 0 Å². The fourth-order valence-electron chi connectivity index (χ4n) is 2.06. The molecular weight excluding hydrogens is 290 g/mol. The van der Waals surface area contributed by atoms with E-state index in [1.807, 2.05) is 23.6 Å². The number of carbonyl (C=O) groups is 1. The summed E-state index contributed by atoms with van der Waals surface area (Å²) in [6, 6.07) is 5.74. The SMILES string of the molecule is CCOC(=O)Cc1nc(-c2ccc3c(c2)OCCO3)cs1. The minimum absolute atomic E-state index is 0.211. The highest BCUT2D eigenvalue weighted by atomic mass is 32.1. The predicted octanol–water partition coefficient (Wildman–Crippen LogP) is 2.69. The zero-order chi connectivity index (χ0) is 14.7. The summed E-state index contributed by atoms with van der Waals surface area (Å²) in [6.07, 6.45) is 0.211. The van der Waals surface area contributed by atoms with Crippen molar-refractivity contribution in [2.45, 2.75) is 13.3 Å². The molecule has 2 heterocycles. The Bertz CT molecular complexity index is 653. The van der Waals surface area contributed by atoms with Crippen LogP contribution in [0.2, 0.25) is 0 Å². The van der Waals surface area contributed by atoms with Crippen molar-refractivity contribution in [3.05, 3.63) is 28.6 Å². The Kier molecular flexibility index (Phi) is 4.06. The highest BCUT2D eigenvalue weighted by Gasteiger charge is 2.14. The number of benzene rings is 1. The van der Waals surface area contributed by atoms with Gasteiger partial charge in [0.05, 0.1) is 18.7 Å². The normalized spacial score (nSPS) is 13.0. The van der Waals surface area contributed by atoms with Gasteiger partial charge >= 0.3 is 5.97 Å². The first-order chi connectivity index (χ1) is 10.3. The number of nitrogens with zero attached hydrogens (tertiary/aromatic N) is 1. The summed E-state index contributed by atoms with van der Waals surface area (Å²) in [7, 11) is 0. The van der Waals surface area contributed by atoms with Crippen molar-refractivity contribution >= 4 is 17.3 Å². The third kappa shape index (κ3) is 3.16. The van der Waals surface area contributed by atoms with Crippen LogP contribution >= 0.6 is 11.3 Å².